The van der Waals surface area contributed by atoms with Crippen LogP contribution in [-0.4, -0.2) is 88.6 Å². The number of carbonyl (C=O) groups excluding carboxylic acids is 2. The fourth-order valence-electron chi connectivity index (χ4n) is 5.23. The molecule has 0 bridgehead atoms. The molecule has 5 atom stereocenters. The van der Waals surface area contributed by atoms with Gasteiger partial charge < -0.3 is 29.5 Å². The number of aromatic nitrogens is 1. The summed E-state index contributed by atoms with van der Waals surface area (Å²) in [4.78, 5) is 33.6. The molecule has 4 rings (SSSR count). The van der Waals surface area contributed by atoms with Crippen molar-refractivity contribution in [3.63, 3.8) is 0 Å². The maximum absolute atomic E-state index is 13.0. The second kappa shape index (κ2) is 13.3. The fourth-order valence-corrected chi connectivity index (χ4v) is 5.23. The van der Waals surface area contributed by atoms with Gasteiger partial charge in [-0.15, -0.1) is 0 Å². The van der Waals surface area contributed by atoms with Crippen LogP contribution in [-0.2, 0) is 14.3 Å². The van der Waals surface area contributed by atoms with Crippen molar-refractivity contribution in [2.75, 3.05) is 33.2 Å². The van der Waals surface area contributed by atoms with Gasteiger partial charge in [-0.1, -0.05) is 38.1 Å². The smallest absolute Gasteiger partial charge is 0.410 e. The van der Waals surface area contributed by atoms with Crippen molar-refractivity contribution in [2.24, 2.45) is 11.8 Å². The van der Waals surface area contributed by atoms with E-state index in [0.29, 0.717) is 31.3 Å². The Kier molecular flexibility index (Phi) is 9.81. The summed E-state index contributed by atoms with van der Waals surface area (Å²) in [6.07, 6.45) is 5.96. The first-order valence-corrected chi connectivity index (χ1v) is 14.1. The molecule has 0 radical (unpaired) electrons. The van der Waals surface area contributed by atoms with Gasteiger partial charge in [0.25, 0.3) is 0 Å². The molecule has 0 aliphatic carbocycles. The van der Waals surface area contributed by atoms with Gasteiger partial charge in [0.05, 0.1) is 12.5 Å². The van der Waals surface area contributed by atoms with Gasteiger partial charge in [-0.3, -0.25) is 4.79 Å². The SMILES string of the molecule is C/C(=C\c1ccc2ccnc(O)c2c1)[C@H]1OC(=O)C[C@H](O)CC[C@H](C)[C@@H](OC(=O)N2CCN(C)CC2)/C=C/[C@@H]1C. The summed E-state index contributed by atoms with van der Waals surface area (Å²) in [6.45, 7) is 8.71. The first kappa shape index (κ1) is 29.6. The highest BCUT2D eigenvalue weighted by atomic mass is 16.6. The maximum atomic E-state index is 13.0. The van der Waals surface area contributed by atoms with Crippen LogP contribution in [0.25, 0.3) is 16.8 Å². The molecule has 0 saturated carbocycles. The van der Waals surface area contributed by atoms with Crippen LogP contribution in [0.2, 0.25) is 0 Å². The molecule has 216 valence electrons. The van der Waals surface area contributed by atoms with Gasteiger partial charge in [-0.25, -0.2) is 9.78 Å². The number of fused-ring (bicyclic) bond motifs is 1. The Bertz CT molecular complexity index is 1250. The van der Waals surface area contributed by atoms with Gasteiger partial charge in [0, 0.05) is 43.7 Å². The summed E-state index contributed by atoms with van der Waals surface area (Å²) in [6, 6.07) is 7.51. The van der Waals surface area contributed by atoms with Crippen LogP contribution < -0.4 is 0 Å². The van der Waals surface area contributed by atoms with Crippen LogP contribution in [0.4, 0.5) is 4.79 Å². The highest BCUT2D eigenvalue weighted by molar-refractivity contribution is 5.88. The second-order valence-corrected chi connectivity index (χ2v) is 11.2. The van der Waals surface area contributed by atoms with Gasteiger partial charge in [-0.05, 0) is 67.5 Å². The fraction of sp³-hybridized carbons (Fsp3) is 0.516. The third-order valence-electron chi connectivity index (χ3n) is 7.87. The predicted octanol–water partition coefficient (Wildman–Crippen LogP) is 4.38. The largest absolute Gasteiger partial charge is 0.493 e. The molecule has 1 fully saturated rings. The molecule has 9 heteroatoms. The number of hydrogen-bond donors (Lipinski definition) is 2. The molecule has 9 nitrogen and oxygen atoms in total. The Balaban J connectivity index is 1.58. The quantitative estimate of drug-likeness (QED) is 0.427. The zero-order valence-electron chi connectivity index (χ0n) is 23.8. The van der Waals surface area contributed by atoms with Crippen LogP contribution in [0.5, 0.6) is 5.88 Å². The Morgan fingerprint density at radius 3 is 2.62 bits per heavy atom. The lowest BCUT2D eigenvalue weighted by Gasteiger charge is -2.33. The van der Waals surface area contributed by atoms with Crippen LogP contribution in [0.15, 0.2) is 48.2 Å². The van der Waals surface area contributed by atoms with E-state index < -0.39 is 24.3 Å². The Morgan fingerprint density at radius 1 is 1.12 bits per heavy atom. The number of piperazine rings is 1. The Labute approximate surface area is 236 Å². The topological polar surface area (TPSA) is 112 Å². The number of pyridine rings is 1. The molecule has 2 N–H and O–H groups in total. The van der Waals surface area contributed by atoms with E-state index in [2.05, 4.69) is 9.88 Å². The highest BCUT2D eigenvalue weighted by Crippen LogP contribution is 2.28. The molecule has 2 aromatic rings. The second-order valence-electron chi connectivity index (χ2n) is 11.2. The van der Waals surface area contributed by atoms with E-state index in [4.69, 9.17) is 9.47 Å². The number of nitrogens with zero attached hydrogens (tertiary/aromatic N) is 3. The summed E-state index contributed by atoms with van der Waals surface area (Å²) < 4.78 is 11.9. The molecular formula is C31H41N3O6. The van der Waals surface area contributed by atoms with E-state index in [9.17, 15) is 19.8 Å². The molecule has 1 aromatic heterocycles. The van der Waals surface area contributed by atoms with E-state index in [0.717, 1.165) is 29.6 Å². The van der Waals surface area contributed by atoms with Crippen LogP contribution in [0.3, 0.4) is 0 Å². The minimum absolute atomic E-state index is 0.0422. The summed E-state index contributed by atoms with van der Waals surface area (Å²) in [5.41, 5.74) is 1.64. The molecular weight excluding hydrogens is 510 g/mol. The lowest BCUT2D eigenvalue weighted by molar-refractivity contribution is -0.151. The van der Waals surface area contributed by atoms with Crippen molar-refractivity contribution in [3.05, 3.63) is 53.8 Å². The lowest BCUT2D eigenvalue weighted by Crippen LogP contribution is -2.48. The highest BCUT2D eigenvalue weighted by Gasteiger charge is 2.29. The van der Waals surface area contributed by atoms with Crippen LogP contribution in [0, 0.1) is 11.8 Å². The van der Waals surface area contributed by atoms with E-state index >= 15 is 0 Å². The number of aromatic hydroxyl groups is 1. The molecule has 0 unspecified atom stereocenters. The van der Waals surface area contributed by atoms with Crippen molar-refractivity contribution < 1.29 is 29.3 Å². The monoisotopic (exact) mass is 551 g/mol. The minimum atomic E-state index is -0.844. The number of ether oxygens (including phenoxy) is 2. The van der Waals surface area contributed by atoms with Gasteiger partial charge >= 0.3 is 12.1 Å². The normalized spacial score (nSPS) is 28.3. The molecule has 2 aliphatic heterocycles. The summed E-state index contributed by atoms with van der Waals surface area (Å²) >= 11 is 0. The number of aliphatic hydroxyl groups excluding tert-OH is 1. The zero-order valence-corrected chi connectivity index (χ0v) is 23.8. The minimum Gasteiger partial charge on any atom is -0.493 e. The van der Waals surface area contributed by atoms with Crippen LogP contribution in [0.1, 0.15) is 45.6 Å². The van der Waals surface area contributed by atoms with Crippen LogP contribution >= 0.6 is 0 Å². The van der Waals surface area contributed by atoms with Crippen molar-refractivity contribution in [3.8, 4) is 5.88 Å². The number of aliphatic hydroxyl groups is 1. The summed E-state index contributed by atoms with van der Waals surface area (Å²) in [5, 5.41) is 22.2. The summed E-state index contributed by atoms with van der Waals surface area (Å²) in [5.74, 6) is -0.778. The standard InChI is InChI=1S/C31H41N3O6/c1-20-5-9-25(35)19-28(36)40-29(22(3)17-23-7-8-24-11-12-32-30(37)26(24)18-23)21(2)6-10-27(20)39-31(38)34-15-13-33(4)14-16-34/h6-8,10-12,17-18,20-21,25,27,29,35H,5,9,13-16,19H2,1-4H3,(H,32,37)/b10-6+,22-17+/t20-,21-,25+,27-,29-/m0/s1. The third kappa shape index (κ3) is 7.61. The number of rotatable bonds is 3. The number of likely N-dealkylation sites (N-methyl/N-ethyl adjacent to an activating group) is 1. The molecule has 40 heavy (non-hydrogen) atoms. The zero-order chi connectivity index (χ0) is 28.8. The van der Waals surface area contributed by atoms with Gasteiger partial charge in [0.1, 0.15) is 12.2 Å². The van der Waals surface area contributed by atoms with Gasteiger partial charge in [0.2, 0.25) is 5.88 Å². The maximum Gasteiger partial charge on any atom is 0.410 e. The van der Waals surface area contributed by atoms with Crippen molar-refractivity contribution >= 4 is 28.9 Å². The Morgan fingerprint density at radius 2 is 1.88 bits per heavy atom. The Hall–Kier alpha value is -3.43. The van der Waals surface area contributed by atoms with E-state index in [-0.39, 0.29) is 30.2 Å². The first-order valence-electron chi connectivity index (χ1n) is 14.1. The van der Waals surface area contributed by atoms with E-state index in [1.165, 1.54) is 0 Å². The number of cyclic esters (lactones) is 1. The molecule has 1 amide bonds. The summed E-state index contributed by atoms with van der Waals surface area (Å²) in [7, 11) is 2.04. The van der Waals surface area contributed by atoms with E-state index in [1.54, 1.807) is 11.1 Å². The van der Waals surface area contributed by atoms with Crippen molar-refractivity contribution in [1.82, 2.24) is 14.8 Å². The number of esters is 1. The first-order chi connectivity index (χ1) is 19.1. The third-order valence-corrected chi connectivity index (χ3v) is 7.87. The predicted molar refractivity (Wildman–Crippen MR) is 154 cm³/mol. The van der Waals surface area contributed by atoms with Gasteiger partial charge in [-0.2, -0.15) is 0 Å². The average molecular weight is 552 g/mol. The van der Waals surface area contributed by atoms with Gasteiger partial charge in [0.15, 0.2) is 0 Å². The average Bonchev–Trinajstić information content (AvgIpc) is 2.92. The number of hydrogen-bond acceptors (Lipinski definition) is 8. The number of amides is 1. The number of benzene rings is 1. The molecule has 1 saturated heterocycles. The molecule has 0 spiro atoms. The van der Waals surface area contributed by atoms with Crippen molar-refractivity contribution in [2.45, 2.75) is 58.3 Å². The number of carbonyl (C=O) groups is 2. The van der Waals surface area contributed by atoms with Crippen molar-refractivity contribution in [1.29, 1.82) is 0 Å². The molecule has 2 aliphatic rings. The van der Waals surface area contributed by atoms with E-state index in [1.807, 2.05) is 70.3 Å². The molecule has 1 aromatic carbocycles. The molecule has 3 heterocycles. The lowest BCUT2D eigenvalue weighted by atomic mass is 9.91.